The smallest absolute Gasteiger partial charge is 0.326 e. The summed E-state index contributed by atoms with van der Waals surface area (Å²) in [5, 5.41) is 13.0. The zero-order chi connectivity index (χ0) is 20.1. The number of para-hydroxylation sites is 1. The molecule has 3 rings (SSSR count). The third-order valence-electron chi connectivity index (χ3n) is 4.57. The topological polar surface area (TPSA) is 71.3 Å². The Kier molecular flexibility index (Phi) is 5.89. The highest BCUT2D eigenvalue weighted by Gasteiger charge is 2.21. The first-order valence-corrected chi connectivity index (χ1v) is 9.02. The van der Waals surface area contributed by atoms with Crippen LogP contribution in [0.5, 0.6) is 0 Å². The Morgan fingerprint density at radius 1 is 1.18 bits per heavy atom. The molecule has 0 saturated heterocycles. The number of fused-ring (bicyclic) bond motifs is 1. The van der Waals surface area contributed by atoms with Crippen molar-refractivity contribution in [1.29, 1.82) is 0 Å². The Bertz CT molecular complexity index is 1040. The number of carbonyl (C=O) groups is 2. The van der Waals surface area contributed by atoms with Gasteiger partial charge in [-0.3, -0.25) is 4.79 Å². The van der Waals surface area contributed by atoms with Crippen molar-refractivity contribution in [2.45, 2.75) is 25.9 Å². The van der Waals surface area contributed by atoms with E-state index >= 15 is 0 Å². The second kappa shape index (κ2) is 8.52. The second-order valence-electron chi connectivity index (χ2n) is 6.42. The summed E-state index contributed by atoms with van der Waals surface area (Å²) in [7, 11) is 0. The number of hydrogen-bond acceptors (Lipinski definition) is 2. The zero-order valence-corrected chi connectivity index (χ0v) is 15.4. The Morgan fingerprint density at radius 3 is 2.61 bits per heavy atom. The molecule has 2 N–H and O–H groups in total. The fraction of sp³-hybridized carbons (Fsp3) is 0.182. The second-order valence-corrected chi connectivity index (χ2v) is 6.42. The van der Waals surface area contributed by atoms with Gasteiger partial charge in [0.15, 0.2) is 0 Å². The van der Waals surface area contributed by atoms with Crippen LogP contribution in [0.1, 0.15) is 18.1 Å². The molecule has 1 amide bonds. The molecule has 144 valence electrons. The molecule has 0 bridgehead atoms. The molecule has 3 aromatic rings. The van der Waals surface area contributed by atoms with Gasteiger partial charge in [0.1, 0.15) is 11.9 Å². The first-order valence-electron chi connectivity index (χ1n) is 9.02. The number of aryl methyl sites for hydroxylation is 1. The zero-order valence-electron chi connectivity index (χ0n) is 15.4. The number of benzene rings is 2. The number of carbonyl (C=O) groups excluding carboxylic acids is 1. The van der Waals surface area contributed by atoms with Crippen molar-refractivity contribution in [2.75, 3.05) is 0 Å². The predicted molar refractivity (Wildman–Crippen MR) is 106 cm³/mol. The molecule has 28 heavy (non-hydrogen) atoms. The Morgan fingerprint density at radius 2 is 1.89 bits per heavy atom. The number of amides is 1. The van der Waals surface area contributed by atoms with Gasteiger partial charge < -0.3 is 15.0 Å². The maximum absolute atomic E-state index is 13.6. The number of carboxylic acids is 1. The lowest BCUT2D eigenvalue weighted by Gasteiger charge is -2.13. The van der Waals surface area contributed by atoms with E-state index in [1.807, 2.05) is 42.0 Å². The summed E-state index contributed by atoms with van der Waals surface area (Å²) in [4.78, 5) is 23.8. The van der Waals surface area contributed by atoms with Gasteiger partial charge in [-0.1, -0.05) is 36.4 Å². The molecule has 0 spiro atoms. The van der Waals surface area contributed by atoms with Crippen LogP contribution in [0.25, 0.3) is 17.0 Å². The molecule has 0 aliphatic heterocycles. The van der Waals surface area contributed by atoms with Crippen molar-refractivity contribution in [2.24, 2.45) is 0 Å². The Hall–Kier alpha value is -3.41. The van der Waals surface area contributed by atoms with Crippen LogP contribution < -0.4 is 5.32 Å². The molecule has 1 heterocycles. The van der Waals surface area contributed by atoms with Gasteiger partial charge in [-0.2, -0.15) is 0 Å². The quantitative estimate of drug-likeness (QED) is 0.615. The molecule has 0 radical (unpaired) electrons. The average Bonchev–Trinajstić information content (AvgIpc) is 3.04. The molecule has 0 fully saturated rings. The number of aromatic nitrogens is 1. The van der Waals surface area contributed by atoms with Gasteiger partial charge in [0.2, 0.25) is 5.91 Å². The van der Waals surface area contributed by atoms with Gasteiger partial charge in [-0.25, -0.2) is 9.18 Å². The van der Waals surface area contributed by atoms with Crippen molar-refractivity contribution in [3.05, 3.63) is 77.7 Å². The van der Waals surface area contributed by atoms with E-state index < -0.39 is 23.7 Å². The van der Waals surface area contributed by atoms with Gasteiger partial charge in [0.25, 0.3) is 0 Å². The lowest BCUT2D eigenvalue weighted by molar-refractivity contribution is -0.141. The number of carboxylic acid groups (broad SMARTS) is 1. The highest BCUT2D eigenvalue weighted by molar-refractivity contribution is 5.94. The van der Waals surface area contributed by atoms with E-state index in [2.05, 4.69) is 5.32 Å². The lowest BCUT2D eigenvalue weighted by Crippen LogP contribution is -2.41. The summed E-state index contributed by atoms with van der Waals surface area (Å²) < 4.78 is 15.7. The normalized spacial score (nSPS) is 12.4. The summed E-state index contributed by atoms with van der Waals surface area (Å²) in [6.07, 6.45) is 4.54. The van der Waals surface area contributed by atoms with E-state index in [9.17, 15) is 19.1 Å². The fourth-order valence-electron chi connectivity index (χ4n) is 3.16. The number of nitrogens with one attached hydrogen (secondary N) is 1. The fourth-order valence-corrected chi connectivity index (χ4v) is 3.16. The monoisotopic (exact) mass is 380 g/mol. The van der Waals surface area contributed by atoms with Crippen LogP contribution >= 0.6 is 0 Å². The molecule has 0 aliphatic carbocycles. The maximum atomic E-state index is 13.6. The molecule has 0 saturated carbocycles. The molecule has 5 nitrogen and oxygen atoms in total. The summed E-state index contributed by atoms with van der Waals surface area (Å²) in [6.45, 7) is 2.77. The van der Waals surface area contributed by atoms with Gasteiger partial charge in [0, 0.05) is 41.7 Å². The summed E-state index contributed by atoms with van der Waals surface area (Å²) in [5.41, 5.74) is 2.13. The van der Waals surface area contributed by atoms with E-state index in [1.54, 1.807) is 12.1 Å². The molecule has 0 unspecified atom stereocenters. The molecule has 2 aromatic carbocycles. The Labute approximate surface area is 162 Å². The highest BCUT2D eigenvalue weighted by Crippen LogP contribution is 2.22. The van der Waals surface area contributed by atoms with E-state index in [0.29, 0.717) is 0 Å². The summed E-state index contributed by atoms with van der Waals surface area (Å²) in [6, 6.07) is 12.7. The van der Waals surface area contributed by atoms with Crippen molar-refractivity contribution >= 4 is 28.9 Å². The van der Waals surface area contributed by atoms with E-state index in [4.69, 9.17) is 0 Å². The molecular formula is C22H21FN2O3. The minimum atomic E-state index is -1.12. The van der Waals surface area contributed by atoms with Crippen LogP contribution in [-0.2, 0) is 22.6 Å². The van der Waals surface area contributed by atoms with Crippen molar-refractivity contribution < 1.29 is 19.1 Å². The van der Waals surface area contributed by atoms with Crippen LogP contribution in [0.4, 0.5) is 4.39 Å². The molecule has 1 atom stereocenters. The van der Waals surface area contributed by atoms with Crippen molar-refractivity contribution in [3.63, 3.8) is 0 Å². The van der Waals surface area contributed by atoms with Gasteiger partial charge in [-0.05, 0) is 30.7 Å². The van der Waals surface area contributed by atoms with Crippen LogP contribution in [0.15, 0.2) is 60.8 Å². The molecule has 6 heteroatoms. The third-order valence-corrected chi connectivity index (χ3v) is 4.57. The largest absolute Gasteiger partial charge is 0.480 e. The minimum absolute atomic E-state index is 0.155. The third kappa shape index (κ3) is 4.28. The lowest BCUT2D eigenvalue weighted by atomic mass is 10.0. The van der Waals surface area contributed by atoms with E-state index in [-0.39, 0.29) is 12.0 Å². The molecular weight excluding hydrogens is 359 g/mol. The van der Waals surface area contributed by atoms with Crippen molar-refractivity contribution in [1.82, 2.24) is 9.88 Å². The van der Waals surface area contributed by atoms with E-state index in [1.165, 1.54) is 18.2 Å². The average molecular weight is 380 g/mol. The van der Waals surface area contributed by atoms with Crippen LogP contribution in [0.2, 0.25) is 0 Å². The predicted octanol–water partition coefficient (Wildman–Crippen LogP) is 3.63. The first kappa shape index (κ1) is 19.4. The summed E-state index contributed by atoms with van der Waals surface area (Å²) in [5.74, 6) is -2.16. The van der Waals surface area contributed by atoms with Gasteiger partial charge in [-0.15, -0.1) is 0 Å². The number of halogens is 1. The summed E-state index contributed by atoms with van der Waals surface area (Å²) >= 11 is 0. The number of hydrogen-bond donors (Lipinski definition) is 2. The maximum Gasteiger partial charge on any atom is 0.326 e. The first-order chi connectivity index (χ1) is 13.5. The van der Waals surface area contributed by atoms with E-state index in [0.717, 1.165) is 29.1 Å². The number of rotatable bonds is 7. The Balaban J connectivity index is 1.77. The minimum Gasteiger partial charge on any atom is -0.480 e. The highest BCUT2D eigenvalue weighted by atomic mass is 19.1. The van der Waals surface area contributed by atoms with Gasteiger partial charge in [0.05, 0.1) is 0 Å². The standard InChI is InChI=1S/C22H21FN2O3/c1-2-25-14-16(17-8-4-6-10-20(17)25)13-19(22(27)28)24-21(26)12-11-15-7-3-5-9-18(15)23/h3-12,14,19H,2,13H2,1H3,(H,24,26)(H,27,28)/t19-/m0/s1. The van der Waals surface area contributed by atoms with Crippen LogP contribution in [-0.4, -0.2) is 27.6 Å². The van der Waals surface area contributed by atoms with Crippen LogP contribution in [0.3, 0.4) is 0 Å². The van der Waals surface area contributed by atoms with Crippen LogP contribution in [0, 0.1) is 5.82 Å². The van der Waals surface area contributed by atoms with Crippen molar-refractivity contribution in [3.8, 4) is 0 Å². The SMILES string of the molecule is CCn1cc(C[C@H](NC(=O)C=Cc2ccccc2F)C(=O)O)c2ccccc21. The molecule has 0 aliphatic rings. The number of aliphatic carboxylic acids is 1. The van der Waals surface area contributed by atoms with Gasteiger partial charge >= 0.3 is 5.97 Å². The molecule has 1 aromatic heterocycles. The number of nitrogens with zero attached hydrogens (tertiary/aromatic N) is 1.